The maximum Gasteiger partial charge on any atom is 0.262 e. The third-order valence-corrected chi connectivity index (χ3v) is 7.20. The largest absolute Gasteiger partial charge is 0.493 e. The molecule has 0 spiro atoms. The highest BCUT2D eigenvalue weighted by Crippen LogP contribution is 2.30. The highest BCUT2D eigenvalue weighted by atomic mass is 32.2. The molecule has 0 atom stereocenters. The first kappa shape index (κ1) is 21.0. The van der Waals surface area contributed by atoms with Gasteiger partial charge >= 0.3 is 0 Å². The van der Waals surface area contributed by atoms with Crippen molar-refractivity contribution in [1.82, 2.24) is 4.31 Å². The predicted molar refractivity (Wildman–Crippen MR) is 102 cm³/mol. The van der Waals surface area contributed by atoms with E-state index in [1.54, 1.807) is 13.0 Å². The minimum absolute atomic E-state index is 0.0278. The molecule has 0 heterocycles. The highest BCUT2D eigenvalue weighted by molar-refractivity contribution is 7.92. The molecule has 0 radical (unpaired) electrons. The highest BCUT2D eigenvalue weighted by Gasteiger charge is 2.22. The van der Waals surface area contributed by atoms with Crippen molar-refractivity contribution in [3.63, 3.8) is 0 Å². The Bertz CT molecular complexity index is 1050. The quantitative estimate of drug-likeness (QED) is 0.744. The van der Waals surface area contributed by atoms with Crippen LogP contribution in [0.15, 0.2) is 46.2 Å². The Morgan fingerprint density at radius 1 is 0.889 bits per heavy atom. The number of hydrogen-bond donors (Lipinski definition) is 1. The molecule has 2 aromatic rings. The normalized spacial score (nSPS) is 12.1. The van der Waals surface area contributed by atoms with Gasteiger partial charge in [-0.2, -0.15) is 0 Å². The molecule has 0 bridgehead atoms. The van der Waals surface area contributed by atoms with E-state index in [1.165, 1.54) is 58.6 Å². The van der Waals surface area contributed by atoms with E-state index in [0.29, 0.717) is 11.3 Å². The predicted octanol–water partition coefficient (Wildman–Crippen LogP) is 2.06. The van der Waals surface area contributed by atoms with E-state index in [-0.39, 0.29) is 21.2 Å². The first-order valence-electron chi connectivity index (χ1n) is 7.81. The van der Waals surface area contributed by atoms with Crippen LogP contribution in [0.1, 0.15) is 5.56 Å². The Kier molecular flexibility index (Phi) is 6.03. The van der Waals surface area contributed by atoms with E-state index in [0.717, 1.165) is 4.31 Å². The van der Waals surface area contributed by atoms with Crippen molar-refractivity contribution in [2.75, 3.05) is 33.0 Å². The summed E-state index contributed by atoms with van der Waals surface area (Å²) in [6, 6.07) is 8.51. The number of benzene rings is 2. The van der Waals surface area contributed by atoms with Gasteiger partial charge in [0.2, 0.25) is 10.0 Å². The van der Waals surface area contributed by atoms with Gasteiger partial charge < -0.3 is 9.47 Å². The van der Waals surface area contributed by atoms with Gasteiger partial charge in [0, 0.05) is 20.2 Å². The molecule has 27 heavy (non-hydrogen) atoms. The second-order valence-electron chi connectivity index (χ2n) is 5.89. The van der Waals surface area contributed by atoms with E-state index < -0.39 is 20.0 Å². The average molecular weight is 415 g/mol. The second-order valence-corrected chi connectivity index (χ2v) is 9.69. The number of anilines is 1. The van der Waals surface area contributed by atoms with E-state index in [2.05, 4.69) is 4.72 Å². The number of sulfonamides is 2. The van der Waals surface area contributed by atoms with Crippen LogP contribution in [0.3, 0.4) is 0 Å². The smallest absolute Gasteiger partial charge is 0.262 e. The first-order chi connectivity index (χ1) is 12.5. The van der Waals surface area contributed by atoms with Gasteiger partial charge in [-0.1, -0.05) is 6.07 Å². The third-order valence-electron chi connectivity index (χ3n) is 3.86. The standard InChI is InChI=1S/C17H22N2O6S2/c1-12-6-7-13(10-17(12)27(22,23)19(2)3)18-26(20,21)14-8-9-15(24-4)16(11-14)25-5/h6-11,18H,1-5H3. The molecule has 0 saturated heterocycles. The maximum absolute atomic E-state index is 12.7. The fourth-order valence-electron chi connectivity index (χ4n) is 2.34. The summed E-state index contributed by atoms with van der Waals surface area (Å²) in [7, 11) is -1.99. The summed E-state index contributed by atoms with van der Waals surface area (Å²) < 4.78 is 63.9. The summed E-state index contributed by atoms with van der Waals surface area (Å²) in [5, 5.41) is 0. The van der Waals surface area contributed by atoms with Gasteiger partial charge in [0.05, 0.1) is 29.7 Å². The molecule has 0 fully saturated rings. The van der Waals surface area contributed by atoms with Gasteiger partial charge in [-0.3, -0.25) is 4.72 Å². The van der Waals surface area contributed by atoms with Crippen LogP contribution in [-0.4, -0.2) is 49.5 Å². The number of nitrogens with one attached hydrogen (secondary N) is 1. The second kappa shape index (κ2) is 7.75. The lowest BCUT2D eigenvalue weighted by molar-refractivity contribution is 0.354. The summed E-state index contributed by atoms with van der Waals surface area (Å²) in [6.45, 7) is 1.64. The SMILES string of the molecule is COc1ccc(S(=O)(=O)Nc2ccc(C)c(S(=O)(=O)N(C)C)c2)cc1OC. The van der Waals surface area contributed by atoms with Crippen molar-refractivity contribution in [2.45, 2.75) is 16.7 Å². The minimum atomic E-state index is -3.96. The van der Waals surface area contributed by atoms with E-state index in [9.17, 15) is 16.8 Å². The molecule has 148 valence electrons. The zero-order chi connectivity index (χ0) is 20.4. The van der Waals surface area contributed by atoms with Crippen molar-refractivity contribution in [3.05, 3.63) is 42.0 Å². The lowest BCUT2D eigenvalue weighted by atomic mass is 10.2. The van der Waals surface area contributed by atoms with Crippen LogP contribution in [0.2, 0.25) is 0 Å². The molecule has 8 nitrogen and oxygen atoms in total. The van der Waals surface area contributed by atoms with Gasteiger partial charge in [0.15, 0.2) is 11.5 Å². The number of methoxy groups -OCH3 is 2. The van der Waals surface area contributed by atoms with Gasteiger partial charge in [-0.05, 0) is 36.8 Å². The Labute approximate surface area is 159 Å². The van der Waals surface area contributed by atoms with Gasteiger partial charge in [-0.25, -0.2) is 21.1 Å². The Hall–Kier alpha value is -2.30. The molecular weight excluding hydrogens is 392 g/mol. The first-order valence-corrected chi connectivity index (χ1v) is 10.7. The summed E-state index contributed by atoms with van der Waals surface area (Å²) in [5.74, 6) is 0.659. The van der Waals surface area contributed by atoms with Gasteiger partial charge in [0.1, 0.15) is 0 Å². The van der Waals surface area contributed by atoms with Crippen LogP contribution < -0.4 is 14.2 Å². The average Bonchev–Trinajstić information content (AvgIpc) is 2.62. The fraction of sp³-hybridized carbons (Fsp3) is 0.294. The number of rotatable bonds is 7. The molecule has 0 saturated carbocycles. The number of aryl methyl sites for hydroxylation is 1. The van der Waals surface area contributed by atoms with Crippen molar-refractivity contribution in [2.24, 2.45) is 0 Å². The molecule has 2 rings (SSSR count). The molecular formula is C17H22N2O6S2. The van der Waals surface area contributed by atoms with Crippen molar-refractivity contribution < 1.29 is 26.3 Å². The molecule has 2 aromatic carbocycles. The van der Waals surface area contributed by atoms with Crippen LogP contribution in [0, 0.1) is 6.92 Å². The monoisotopic (exact) mass is 414 g/mol. The van der Waals surface area contributed by atoms with Crippen LogP contribution in [-0.2, 0) is 20.0 Å². The summed E-state index contributed by atoms with van der Waals surface area (Å²) >= 11 is 0. The molecule has 0 unspecified atom stereocenters. The van der Waals surface area contributed by atoms with Crippen molar-refractivity contribution >= 4 is 25.7 Å². The fourth-order valence-corrected chi connectivity index (χ4v) is 4.54. The lowest BCUT2D eigenvalue weighted by Crippen LogP contribution is -2.23. The Balaban J connectivity index is 2.45. The maximum atomic E-state index is 12.7. The molecule has 1 N–H and O–H groups in total. The third kappa shape index (κ3) is 4.34. The topological polar surface area (TPSA) is 102 Å². The number of hydrogen-bond acceptors (Lipinski definition) is 6. The van der Waals surface area contributed by atoms with Crippen molar-refractivity contribution in [1.29, 1.82) is 0 Å². The summed E-state index contributed by atoms with van der Waals surface area (Å²) in [5.41, 5.74) is 0.647. The van der Waals surface area contributed by atoms with Crippen LogP contribution in [0.25, 0.3) is 0 Å². The van der Waals surface area contributed by atoms with Crippen LogP contribution >= 0.6 is 0 Å². The number of nitrogens with zero attached hydrogens (tertiary/aromatic N) is 1. The van der Waals surface area contributed by atoms with E-state index in [4.69, 9.17) is 9.47 Å². The lowest BCUT2D eigenvalue weighted by Gasteiger charge is -2.16. The molecule has 0 aliphatic carbocycles. The molecule has 10 heteroatoms. The molecule has 0 amide bonds. The molecule has 0 aliphatic rings. The Morgan fingerprint density at radius 2 is 1.52 bits per heavy atom. The zero-order valence-electron chi connectivity index (χ0n) is 15.7. The molecule has 0 aromatic heterocycles. The van der Waals surface area contributed by atoms with E-state index >= 15 is 0 Å². The Morgan fingerprint density at radius 3 is 2.07 bits per heavy atom. The summed E-state index contributed by atoms with van der Waals surface area (Å²) in [4.78, 5) is -0.0160. The van der Waals surface area contributed by atoms with Crippen molar-refractivity contribution in [3.8, 4) is 11.5 Å². The van der Waals surface area contributed by atoms with Gasteiger partial charge in [0.25, 0.3) is 10.0 Å². The zero-order valence-corrected chi connectivity index (χ0v) is 17.3. The van der Waals surface area contributed by atoms with Crippen LogP contribution in [0.5, 0.6) is 11.5 Å². The van der Waals surface area contributed by atoms with E-state index in [1.807, 2.05) is 0 Å². The van der Waals surface area contributed by atoms with Crippen LogP contribution in [0.4, 0.5) is 5.69 Å². The molecule has 0 aliphatic heterocycles. The summed E-state index contributed by atoms with van der Waals surface area (Å²) in [6.07, 6.45) is 0. The number of ether oxygens (including phenoxy) is 2. The minimum Gasteiger partial charge on any atom is -0.493 e. The van der Waals surface area contributed by atoms with Gasteiger partial charge in [-0.15, -0.1) is 0 Å².